The third-order valence-electron chi connectivity index (χ3n) is 3.43. The van der Waals surface area contributed by atoms with Crippen LogP contribution in [0.3, 0.4) is 0 Å². The van der Waals surface area contributed by atoms with Crippen LogP contribution in [0.4, 0.5) is 10.1 Å². The van der Waals surface area contributed by atoms with Crippen LogP contribution in [0.1, 0.15) is 0 Å². The summed E-state index contributed by atoms with van der Waals surface area (Å²) in [7, 11) is 1.61. The van der Waals surface area contributed by atoms with Crippen molar-refractivity contribution in [3.63, 3.8) is 0 Å². The average molecular weight is 309 g/mol. The molecular weight excluding hydrogens is 293 g/mol. The molecule has 0 heterocycles. The summed E-state index contributed by atoms with van der Waals surface area (Å²) >= 11 is 0. The molecule has 0 amide bonds. The van der Waals surface area contributed by atoms with Gasteiger partial charge in [0, 0.05) is 28.9 Å². The Kier molecular flexibility index (Phi) is 4.15. The lowest BCUT2D eigenvalue weighted by Crippen LogP contribution is -1.94. The number of ether oxygens (including phenoxy) is 2. The van der Waals surface area contributed by atoms with Crippen molar-refractivity contribution in [1.82, 2.24) is 0 Å². The SMILES string of the molecule is COc1ccccc1-c1ccc(N)cc1Oc1cccc(F)c1. The van der Waals surface area contributed by atoms with Crippen molar-refractivity contribution in [2.24, 2.45) is 0 Å². The Morgan fingerprint density at radius 2 is 1.61 bits per heavy atom. The fourth-order valence-electron chi connectivity index (χ4n) is 2.37. The summed E-state index contributed by atoms with van der Waals surface area (Å²) in [6.07, 6.45) is 0. The van der Waals surface area contributed by atoms with Crippen LogP contribution in [0.5, 0.6) is 17.2 Å². The molecule has 0 aliphatic heterocycles. The maximum Gasteiger partial charge on any atom is 0.137 e. The lowest BCUT2D eigenvalue weighted by molar-refractivity contribution is 0.416. The smallest absolute Gasteiger partial charge is 0.137 e. The Labute approximate surface area is 134 Å². The van der Waals surface area contributed by atoms with E-state index in [1.807, 2.05) is 30.3 Å². The first-order valence-electron chi connectivity index (χ1n) is 7.14. The first kappa shape index (κ1) is 14.9. The number of para-hydroxylation sites is 1. The molecule has 2 N–H and O–H groups in total. The van der Waals surface area contributed by atoms with E-state index in [-0.39, 0.29) is 5.82 Å². The van der Waals surface area contributed by atoms with Crippen LogP contribution in [0.2, 0.25) is 0 Å². The Morgan fingerprint density at radius 3 is 2.39 bits per heavy atom. The van der Waals surface area contributed by atoms with E-state index in [2.05, 4.69) is 0 Å². The van der Waals surface area contributed by atoms with Gasteiger partial charge in [0.15, 0.2) is 0 Å². The van der Waals surface area contributed by atoms with E-state index in [1.54, 1.807) is 31.4 Å². The van der Waals surface area contributed by atoms with Crippen LogP contribution in [-0.4, -0.2) is 7.11 Å². The molecule has 0 aromatic heterocycles. The number of anilines is 1. The van der Waals surface area contributed by atoms with Crippen LogP contribution in [0, 0.1) is 5.82 Å². The Morgan fingerprint density at radius 1 is 0.826 bits per heavy atom. The van der Waals surface area contributed by atoms with Crippen molar-refractivity contribution < 1.29 is 13.9 Å². The van der Waals surface area contributed by atoms with Gasteiger partial charge in [0.1, 0.15) is 23.1 Å². The van der Waals surface area contributed by atoms with Crippen LogP contribution >= 0.6 is 0 Å². The van der Waals surface area contributed by atoms with Crippen molar-refractivity contribution in [3.8, 4) is 28.4 Å². The number of hydrogen-bond acceptors (Lipinski definition) is 3. The quantitative estimate of drug-likeness (QED) is 0.699. The summed E-state index contributed by atoms with van der Waals surface area (Å²) in [5.41, 5.74) is 8.14. The summed E-state index contributed by atoms with van der Waals surface area (Å²) in [6.45, 7) is 0. The molecular formula is C19H16FNO2. The second-order valence-corrected chi connectivity index (χ2v) is 5.02. The zero-order valence-corrected chi connectivity index (χ0v) is 12.6. The largest absolute Gasteiger partial charge is 0.496 e. The predicted molar refractivity (Wildman–Crippen MR) is 89.3 cm³/mol. The zero-order chi connectivity index (χ0) is 16.2. The van der Waals surface area contributed by atoms with Gasteiger partial charge in [0.25, 0.3) is 0 Å². The number of rotatable bonds is 4. The molecule has 0 bridgehead atoms. The molecule has 116 valence electrons. The molecule has 0 unspecified atom stereocenters. The summed E-state index contributed by atoms with van der Waals surface area (Å²) in [5, 5.41) is 0. The van der Waals surface area contributed by atoms with Gasteiger partial charge >= 0.3 is 0 Å². The zero-order valence-electron chi connectivity index (χ0n) is 12.6. The molecule has 0 spiro atoms. The van der Waals surface area contributed by atoms with E-state index in [4.69, 9.17) is 15.2 Å². The molecule has 0 aliphatic carbocycles. The van der Waals surface area contributed by atoms with E-state index in [0.717, 1.165) is 16.9 Å². The lowest BCUT2D eigenvalue weighted by Gasteiger charge is -2.14. The van der Waals surface area contributed by atoms with Crippen LogP contribution in [0.25, 0.3) is 11.1 Å². The highest BCUT2D eigenvalue weighted by Crippen LogP contribution is 2.39. The normalized spacial score (nSPS) is 10.3. The Bertz CT molecular complexity index is 833. The van der Waals surface area contributed by atoms with Gasteiger partial charge in [-0.3, -0.25) is 0 Å². The number of methoxy groups -OCH3 is 1. The number of nitrogen functional groups attached to an aromatic ring is 1. The van der Waals surface area contributed by atoms with Crippen LogP contribution < -0.4 is 15.2 Å². The van der Waals surface area contributed by atoms with Crippen LogP contribution in [-0.2, 0) is 0 Å². The Hall–Kier alpha value is -3.01. The van der Waals surface area contributed by atoms with Crippen molar-refractivity contribution in [1.29, 1.82) is 0 Å². The second-order valence-electron chi connectivity index (χ2n) is 5.02. The van der Waals surface area contributed by atoms with Gasteiger partial charge in [-0.05, 0) is 30.3 Å². The van der Waals surface area contributed by atoms with Gasteiger partial charge in [-0.1, -0.05) is 24.3 Å². The van der Waals surface area contributed by atoms with E-state index in [1.165, 1.54) is 12.1 Å². The van der Waals surface area contributed by atoms with Crippen LogP contribution in [0.15, 0.2) is 66.7 Å². The maximum absolute atomic E-state index is 13.4. The number of halogens is 1. The first-order chi connectivity index (χ1) is 11.2. The Balaban J connectivity index is 2.08. The molecule has 3 rings (SSSR count). The van der Waals surface area contributed by atoms with Gasteiger partial charge < -0.3 is 15.2 Å². The highest BCUT2D eigenvalue weighted by molar-refractivity contribution is 5.77. The molecule has 23 heavy (non-hydrogen) atoms. The predicted octanol–water partition coefficient (Wildman–Crippen LogP) is 4.88. The molecule has 3 nitrogen and oxygen atoms in total. The summed E-state index contributed by atoms with van der Waals surface area (Å²) < 4.78 is 24.6. The summed E-state index contributed by atoms with van der Waals surface area (Å²) in [5.74, 6) is 1.32. The molecule has 0 radical (unpaired) electrons. The molecule has 0 atom stereocenters. The fraction of sp³-hybridized carbons (Fsp3) is 0.0526. The summed E-state index contributed by atoms with van der Waals surface area (Å²) in [6, 6.07) is 19.0. The van der Waals surface area contributed by atoms with E-state index in [0.29, 0.717) is 17.2 Å². The van der Waals surface area contributed by atoms with Crippen molar-refractivity contribution in [2.75, 3.05) is 12.8 Å². The van der Waals surface area contributed by atoms with Crippen molar-refractivity contribution in [3.05, 3.63) is 72.5 Å². The van der Waals surface area contributed by atoms with Gasteiger partial charge in [-0.2, -0.15) is 0 Å². The topological polar surface area (TPSA) is 44.5 Å². The van der Waals surface area contributed by atoms with E-state index >= 15 is 0 Å². The minimum absolute atomic E-state index is 0.356. The monoisotopic (exact) mass is 309 g/mol. The van der Waals surface area contributed by atoms with Gasteiger partial charge in [-0.25, -0.2) is 4.39 Å². The summed E-state index contributed by atoms with van der Waals surface area (Å²) in [4.78, 5) is 0. The first-order valence-corrected chi connectivity index (χ1v) is 7.14. The molecule has 0 saturated heterocycles. The highest BCUT2D eigenvalue weighted by atomic mass is 19.1. The lowest BCUT2D eigenvalue weighted by atomic mass is 10.0. The maximum atomic E-state index is 13.4. The average Bonchev–Trinajstić information content (AvgIpc) is 2.55. The molecule has 0 aliphatic rings. The van der Waals surface area contributed by atoms with E-state index < -0.39 is 0 Å². The second kappa shape index (κ2) is 6.40. The van der Waals surface area contributed by atoms with Crippen molar-refractivity contribution in [2.45, 2.75) is 0 Å². The molecule has 0 saturated carbocycles. The molecule has 3 aromatic rings. The van der Waals surface area contributed by atoms with Crippen molar-refractivity contribution >= 4 is 5.69 Å². The molecule has 4 heteroatoms. The minimum Gasteiger partial charge on any atom is -0.496 e. The standard InChI is InChI=1S/C19H16FNO2/c1-22-18-8-3-2-7-16(18)17-10-9-14(21)12-19(17)23-15-6-4-5-13(20)11-15/h2-12H,21H2,1H3. The van der Waals surface area contributed by atoms with Gasteiger partial charge in [0.05, 0.1) is 7.11 Å². The third kappa shape index (κ3) is 3.26. The highest BCUT2D eigenvalue weighted by Gasteiger charge is 2.12. The fourth-order valence-corrected chi connectivity index (χ4v) is 2.37. The van der Waals surface area contributed by atoms with E-state index in [9.17, 15) is 4.39 Å². The number of hydrogen-bond donors (Lipinski definition) is 1. The number of nitrogens with two attached hydrogens (primary N) is 1. The number of benzene rings is 3. The molecule has 3 aromatic carbocycles. The third-order valence-corrected chi connectivity index (χ3v) is 3.43. The van der Waals surface area contributed by atoms with Gasteiger partial charge in [-0.15, -0.1) is 0 Å². The molecule has 0 fully saturated rings. The minimum atomic E-state index is -0.356. The van der Waals surface area contributed by atoms with Gasteiger partial charge in [0.2, 0.25) is 0 Å².